The number of thioether (sulfide) groups is 1. The first kappa shape index (κ1) is 17.4. The zero-order chi connectivity index (χ0) is 18.0. The summed E-state index contributed by atoms with van der Waals surface area (Å²) in [6.07, 6.45) is 0. The first-order valence-corrected chi connectivity index (χ1v) is 8.84. The van der Waals surface area contributed by atoms with Gasteiger partial charge in [-0.2, -0.15) is 0 Å². The van der Waals surface area contributed by atoms with Gasteiger partial charge in [-0.3, -0.25) is 9.36 Å². The summed E-state index contributed by atoms with van der Waals surface area (Å²) in [5.41, 5.74) is 1.12. The molecular weight excluding hydrogens is 336 g/mol. The van der Waals surface area contributed by atoms with E-state index in [1.165, 1.54) is 11.8 Å². The normalized spacial score (nSPS) is 11.1. The molecule has 25 heavy (non-hydrogen) atoms. The Labute approximate surface area is 150 Å². The fourth-order valence-electron chi connectivity index (χ4n) is 2.67. The standard InChI is InChI=1S/C19H20N2O3S/c1-12(2)25-19-20-13-8-7-11-16(24-4)17(13)18(22)21(19)14-9-5-6-10-15(14)23-3/h5-12H,1-4H3. The topological polar surface area (TPSA) is 53.4 Å². The Morgan fingerprint density at radius 3 is 2.36 bits per heavy atom. The minimum absolute atomic E-state index is 0.171. The van der Waals surface area contributed by atoms with Gasteiger partial charge in [0.05, 0.1) is 25.4 Å². The number of methoxy groups -OCH3 is 2. The van der Waals surface area contributed by atoms with Gasteiger partial charge in [-0.25, -0.2) is 4.98 Å². The van der Waals surface area contributed by atoms with Gasteiger partial charge in [0, 0.05) is 5.25 Å². The number of ether oxygens (including phenoxy) is 2. The minimum Gasteiger partial charge on any atom is -0.496 e. The van der Waals surface area contributed by atoms with Gasteiger partial charge in [-0.1, -0.05) is 43.8 Å². The highest BCUT2D eigenvalue weighted by Crippen LogP contribution is 2.30. The third-order valence-corrected chi connectivity index (χ3v) is 4.67. The molecule has 3 rings (SSSR count). The molecule has 0 amide bonds. The zero-order valence-electron chi connectivity index (χ0n) is 14.6. The summed E-state index contributed by atoms with van der Waals surface area (Å²) in [7, 11) is 3.15. The van der Waals surface area contributed by atoms with Crippen molar-refractivity contribution in [3.8, 4) is 17.2 Å². The van der Waals surface area contributed by atoms with Crippen LogP contribution in [-0.4, -0.2) is 29.0 Å². The van der Waals surface area contributed by atoms with E-state index in [0.717, 1.165) is 0 Å². The maximum absolute atomic E-state index is 13.4. The summed E-state index contributed by atoms with van der Waals surface area (Å²) in [6.45, 7) is 4.14. The molecule has 0 radical (unpaired) electrons. The molecule has 0 atom stereocenters. The van der Waals surface area contributed by atoms with E-state index in [0.29, 0.717) is 33.2 Å². The second kappa shape index (κ2) is 7.19. The molecule has 0 aliphatic heterocycles. The fraction of sp³-hybridized carbons (Fsp3) is 0.263. The van der Waals surface area contributed by atoms with E-state index in [-0.39, 0.29) is 10.8 Å². The second-order valence-electron chi connectivity index (χ2n) is 5.73. The SMILES string of the molecule is COc1ccccc1-n1c(SC(C)C)nc2cccc(OC)c2c1=O. The van der Waals surface area contributed by atoms with Crippen LogP contribution in [0.2, 0.25) is 0 Å². The Morgan fingerprint density at radius 2 is 1.68 bits per heavy atom. The number of hydrogen-bond acceptors (Lipinski definition) is 5. The number of para-hydroxylation sites is 2. The van der Waals surface area contributed by atoms with Gasteiger partial charge in [-0.05, 0) is 24.3 Å². The van der Waals surface area contributed by atoms with Crippen molar-refractivity contribution in [1.82, 2.24) is 9.55 Å². The molecule has 0 N–H and O–H groups in total. The number of benzene rings is 2. The van der Waals surface area contributed by atoms with E-state index in [9.17, 15) is 4.79 Å². The van der Waals surface area contributed by atoms with Crippen LogP contribution in [0.15, 0.2) is 52.4 Å². The smallest absolute Gasteiger partial charge is 0.270 e. The van der Waals surface area contributed by atoms with E-state index in [1.807, 2.05) is 36.4 Å². The Hall–Kier alpha value is -2.47. The predicted molar refractivity (Wildman–Crippen MR) is 101 cm³/mol. The van der Waals surface area contributed by atoms with Crippen molar-refractivity contribution in [2.75, 3.05) is 14.2 Å². The zero-order valence-corrected chi connectivity index (χ0v) is 15.5. The highest BCUT2D eigenvalue weighted by atomic mass is 32.2. The first-order valence-electron chi connectivity index (χ1n) is 7.96. The third-order valence-electron chi connectivity index (χ3n) is 3.72. The number of fused-ring (bicyclic) bond motifs is 1. The van der Waals surface area contributed by atoms with Crippen molar-refractivity contribution in [1.29, 1.82) is 0 Å². The molecule has 3 aromatic rings. The number of aromatic nitrogens is 2. The molecule has 0 spiro atoms. The highest BCUT2D eigenvalue weighted by molar-refractivity contribution is 7.99. The summed E-state index contributed by atoms with van der Waals surface area (Å²) in [4.78, 5) is 18.1. The van der Waals surface area contributed by atoms with E-state index < -0.39 is 0 Å². The van der Waals surface area contributed by atoms with Gasteiger partial charge in [0.2, 0.25) is 0 Å². The van der Waals surface area contributed by atoms with E-state index in [1.54, 1.807) is 24.9 Å². The lowest BCUT2D eigenvalue weighted by molar-refractivity contribution is 0.411. The summed E-state index contributed by atoms with van der Waals surface area (Å²) in [5, 5.41) is 1.37. The van der Waals surface area contributed by atoms with Crippen LogP contribution in [0.25, 0.3) is 16.6 Å². The van der Waals surface area contributed by atoms with Crippen molar-refractivity contribution in [2.45, 2.75) is 24.3 Å². The largest absolute Gasteiger partial charge is 0.496 e. The van der Waals surface area contributed by atoms with E-state index in [4.69, 9.17) is 14.5 Å². The quantitative estimate of drug-likeness (QED) is 0.512. The molecule has 0 aliphatic rings. The van der Waals surface area contributed by atoms with Crippen molar-refractivity contribution in [3.63, 3.8) is 0 Å². The molecule has 0 saturated heterocycles. The van der Waals surface area contributed by atoms with Crippen molar-refractivity contribution < 1.29 is 9.47 Å². The van der Waals surface area contributed by atoms with Crippen LogP contribution in [0, 0.1) is 0 Å². The van der Waals surface area contributed by atoms with Crippen LogP contribution in [0.5, 0.6) is 11.5 Å². The van der Waals surface area contributed by atoms with Gasteiger partial charge in [-0.15, -0.1) is 0 Å². The highest BCUT2D eigenvalue weighted by Gasteiger charge is 2.19. The molecule has 0 unspecified atom stereocenters. The molecule has 0 saturated carbocycles. The Kier molecular flexibility index (Phi) is 4.99. The molecule has 1 heterocycles. The van der Waals surface area contributed by atoms with Gasteiger partial charge < -0.3 is 9.47 Å². The lowest BCUT2D eigenvalue weighted by Gasteiger charge is -2.17. The Morgan fingerprint density at radius 1 is 1.00 bits per heavy atom. The third kappa shape index (κ3) is 3.22. The van der Waals surface area contributed by atoms with Gasteiger partial charge in [0.1, 0.15) is 16.9 Å². The van der Waals surface area contributed by atoms with Crippen LogP contribution in [0.4, 0.5) is 0 Å². The summed E-state index contributed by atoms with van der Waals surface area (Å²) < 4.78 is 12.4. The summed E-state index contributed by atoms with van der Waals surface area (Å²) in [6, 6.07) is 12.9. The van der Waals surface area contributed by atoms with Crippen molar-refractivity contribution >= 4 is 22.7 Å². The lowest BCUT2D eigenvalue weighted by atomic mass is 10.2. The van der Waals surface area contributed by atoms with E-state index >= 15 is 0 Å². The monoisotopic (exact) mass is 356 g/mol. The first-order chi connectivity index (χ1) is 12.1. The minimum atomic E-state index is -0.171. The molecular formula is C19H20N2O3S. The Balaban J connectivity index is 2.42. The summed E-state index contributed by atoms with van der Waals surface area (Å²) >= 11 is 1.54. The molecule has 130 valence electrons. The van der Waals surface area contributed by atoms with Gasteiger partial charge in [0.15, 0.2) is 5.16 Å². The Bertz CT molecular complexity index is 967. The van der Waals surface area contributed by atoms with Crippen LogP contribution >= 0.6 is 11.8 Å². The van der Waals surface area contributed by atoms with Crippen molar-refractivity contribution in [2.24, 2.45) is 0 Å². The van der Waals surface area contributed by atoms with Crippen LogP contribution < -0.4 is 15.0 Å². The molecule has 0 bridgehead atoms. The fourth-order valence-corrected chi connectivity index (χ4v) is 3.53. The van der Waals surface area contributed by atoms with Crippen LogP contribution in [-0.2, 0) is 0 Å². The predicted octanol–water partition coefficient (Wildman–Crippen LogP) is 3.90. The number of nitrogens with zero attached hydrogens (tertiary/aromatic N) is 2. The maximum atomic E-state index is 13.4. The molecule has 0 aliphatic carbocycles. The van der Waals surface area contributed by atoms with Crippen LogP contribution in [0.1, 0.15) is 13.8 Å². The van der Waals surface area contributed by atoms with Crippen LogP contribution in [0.3, 0.4) is 0 Å². The van der Waals surface area contributed by atoms with Crippen molar-refractivity contribution in [3.05, 3.63) is 52.8 Å². The maximum Gasteiger partial charge on any atom is 0.270 e. The molecule has 5 nitrogen and oxygen atoms in total. The second-order valence-corrected chi connectivity index (χ2v) is 7.27. The van der Waals surface area contributed by atoms with E-state index in [2.05, 4.69) is 13.8 Å². The molecule has 2 aromatic carbocycles. The van der Waals surface area contributed by atoms with Gasteiger partial charge in [0.25, 0.3) is 5.56 Å². The van der Waals surface area contributed by atoms with Gasteiger partial charge >= 0.3 is 0 Å². The number of rotatable bonds is 5. The molecule has 6 heteroatoms. The number of hydrogen-bond donors (Lipinski definition) is 0. The lowest BCUT2D eigenvalue weighted by Crippen LogP contribution is -2.23. The average Bonchev–Trinajstić information content (AvgIpc) is 2.61. The summed E-state index contributed by atoms with van der Waals surface area (Å²) in [5.74, 6) is 1.13. The molecule has 0 fully saturated rings. The average molecular weight is 356 g/mol. The molecule has 1 aromatic heterocycles.